The summed E-state index contributed by atoms with van der Waals surface area (Å²) in [6.45, 7) is 7.66. The number of nitrogens with zero attached hydrogens (tertiary/aromatic N) is 2. The molecule has 0 radical (unpaired) electrons. The summed E-state index contributed by atoms with van der Waals surface area (Å²) in [6, 6.07) is 11.4. The van der Waals surface area contributed by atoms with Crippen LogP contribution in [0.25, 0.3) is 0 Å². The highest BCUT2D eigenvalue weighted by Gasteiger charge is 2.24. The first-order chi connectivity index (χ1) is 14.2. The Bertz CT molecular complexity index is 890. The minimum Gasteiger partial charge on any atom is -0.483 e. The van der Waals surface area contributed by atoms with Gasteiger partial charge in [-0.3, -0.25) is 9.59 Å². The third-order valence-electron chi connectivity index (χ3n) is 5.23. The minimum atomic E-state index is -0.267. The molecule has 1 saturated heterocycles. The molecule has 1 aliphatic rings. The normalized spacial score (nSPS) is 16.8. The monoisotopic (exact) mass is 410 g/mol. The van der Waals surface area contributed by atoms with E-state index in [1.54, 1.807) is 12.3 Å². The fraction of sp³-hybridized carbons (Fsp3) is 0.435. The second-order valence-corrected chi connectivity index (χ2v) is 8.68. The molecule has 7 heteroatoms. The van der Waals surface area contributed by atoms with E-state index in [1.165, 1.54) is 0 Å². The maximum Gasteiger partial charge on any atom is 0.262 e. The van der Waals surface area contributed by atoms with Crippen LogP contribution in [0.4, 0.5) is 11.5 Å². The van der Waals surface area contributed by atoms with E-state index in [2.05, 4.69) is 36.0 Å². The zero-order valence-corrected chi connectivity index (χ0v) is 17.9. The largest absolute Gasteiger partial charge is 0.483 e. The van der Waals surface area contributed by atoms with E-state index in [9.17, 15) is 9.59 Å². The molecule has 3 N–H and O–H groups in total. The highest BCUT2D eigenvalue weighted by atomic mass is 16.5. The van der Waals surface area contributed by atoms with Crippen LogP contribution in [0, 0.1) is 5.92 Å². The number of ether oxygens (including phenoxy) is 1. The van der Waals surface area contributed by atoms with Crippen molar-refractivity contribution in [3.63, 3.8) is 0 Å². The van der Waals surface area contributed by atoms with Crippen molar-refractivity contribution in [2.24, 2.45) is 11.7 Å². The maximum absolute atomic E-state index is 12.3. The van der Waals surface area contributed by atoms with Gasteiger partial charge < -0.3 is 20.7 Å². The Morgan fingerprint density at radius 1 is 1.23 bits per heavy atom. The molecule has 2 heterocycles. The Kier molecular flexibility index (Phi) is 6.59. The lowest BCUT2D eigenvalue weighted by Crippen LogP contribution is -2.41. The summed E-state index contributed by atoms with van der Waals surface area (Å²) in [5.41, 5.74) is 7.02. The number of para-hydroxylation sites is 1. The zero-order chi connectivity index (χ0) is 21.7. The molecule has 1 aromatic heterocycles. The van der Waals surface area contributed by atoms with Crippen LogP contribution >= 0.6 is 0 Å². The van der Waals surface area contributed by atoms with Gasteiger partial charge in [-0.05, 0) is 42.0 Å². The summed E-state index contributed by atoms with van der Waals surface area (Å²) < 4.78 is 5.77. The second-order valence-electron chi connectivity index (χ2n) is 8.68. The average molecular weight is 411 g/mol. The van der Waals surface area contributed by atoms with Crippen LogP contribution in [0.1, 0.15) is 39.2 Å². The summed E-state index contributed by atoms with van der Waals surface area (Å²) in [5, 5.41) is 2.81. The highest BCUT2D eigenvalue weighted by Crippen LogP contribution is 2.31. The average Bonchev–Trinajstić information content (AvgIpc) is 2.72. The molecule has 2 amide bonds. The molecule has 0 bridgehead atoms. The predicted octanol–water partition coefficient (Wildman–Crippen LogP) is 3.10. The van der Waals surface area contributed by atoms with Crippen molar-refractivity contribution in [3.05, 3.63) is 48.2 Å². The van der Waals surface area contributed by atoms with Gasteiger partial charge in [0.2, 0.25) is 5.91 Å². The number of carbonyl (C=O) groups excluding carboxylic acids is 2. The smallest absolute Gasteiger partial charge is 0.262 e. The third-order valence-corrected chi connectivity index (χ3v) is 5.23. The Balaban J connectivity index is 1.56. The Hall–Kier alpha value is -3.09. The van der Waals surface area contributed by atoms with Crippen molar-refractivity contribution < 1.29 is 14.3 Å². The zero-order valence-electron chi connectivity index (χ0n) is 17.9. The molecule has 160 valence electrons. The summed E-state index contributed by atoms with van der Waals surface area (Å²) in [6.07, 6.45) is 3.34. The topological polar surface area (TPSA) is 97.5 Å². The SMILES string of the molecule is CC(C)(C)c1ccccc1OCC(=O)Nc1ccc(N2CCCC(C(N)=O)C2)nc1. The van der Waals surface area contributed by atoms with E-state index in [0.29, 0.717) is 18.0 Å². The molecule has 0 spiro atoms. The fourth-order valence-corrected chi connectivity index (χ4v) is 3.62. The van der Waals surface area contributed by atoms with E-state index in [0.717, 1.165) is 30.8 Å². The summed E-state index contributed by atoms with van der Waals surface area (Å²) in [5.74, 6) is 0.821. The van der Waals surface area contributed by atoms with Gasteiger partial charge >= 0.3 is 0 Å². The van der Waals surface area contributed by atoms with Gasteiger partial charge in [0.25, 0.3) is 5.91 Å². The Morgan fingerprint density at radius 2 is 2.00 bits per heavy atom. The number of pyridine rings is 1. The number of nitrogens with one attached hydrogen (secondary N) is 1. The predicted molar refractivity (Wildman–Crippen MR) is 118 cm³/mol. The van der Waals surface area contributed by atoms with Crippen molar-refractivity contribution in [2.45, 2.75) is 39.0 Å². The quantitative estimate of drug-likeness (QED) is 0.763. The van der Waals surface area contributed by atoms with Gasteiger partial charge in [0.05, 0.1) is 17.8 Å². The van der Waals surface area contributed by atoms with E-state index >= 15 is 0 Å². The van der Waals surface area contributed by atoms with Crippen molar-refractivity contribution in [1.82, 2.24) is 4.98 Å². The van der Waals surface area contributed by atoms with Crippen LogP contribution in [0.3, 0.4) is 0 Å². The maximum atomic E-state index is 12.3. The third kappa shape index (κ3) is 5.49. The molecule has 0 aliphatic carbocycles. The van der Waals surface area contributed by atoms with E-state index in [4.69, 9.17) is 10.5 Å². The summed E-state index contributed by atoms with van der Waals surface area (Å²) in [4.78, 5) is 30.3. The van der Waals surface area contributed by atoms with Crippen LogP contribution < -0.4 is 20.7 Å². The first-order valence-corrected chi connectivity index (χ1v) is 10.3. The molecule has 1 fully saturated rings. The molecule has 7 nitrogen and oxygen atoms in total. The molecular formula is C23H30N4O3. The number of primary amides is 1. The first kappa shape index (κ1) is 21.6. The number of hydrogen-bond donors (Lipinski definition) is 2. The van der Waals surface area contributed by atoms with Gasteiger partial charge in [-0.1, -0.05) is 39.0 Å². The molecule has 2 aromatic rings. The van der Waals surface area contributed by atoms with Crippen molar-refractivity contribution in [1.29, 1.82) is 0 Å². The van der Waals surface area contributed by atoms with Crippen LogP contribution in [0.15, 0.2) is 42.6 Å². The molecule has 1 unspecified atom stereocenters. The van der Waals surface area contributed by atoms with Gasteiger partial charge in [0.15, 0.2) is 6.61 Å². The molecule has 1 aromatic carbocycles. The molecule has 1 atom stereocenters. The highest BCUT2D eigenvalue weighted by molar-refractivity contribution is 5.91. The summed E-state index contributed by atoms with van der Waals surface area (Å²) in [7, 11) is 0. The molecule has 3 rings (SSSR count). The standard InChI is InChI=1S/C23H30N4O3/c1-23(2,3)18-8-4-5-9-19(18)30-15-21(28)26-17-10-11-20(25-13-17)27-12-6-7-16(14-27)22(24)29/h4-5,8-11,13,16H,6-7,12,14-15H2,1-3H3,(H2,24,29)(H,26,28). The van der Waals surface area contributed by atoms with Crippen LogP contribution in [0.2, 0.25) is 0 Å². The number of nitrogens with two attached hydrogens (primary N) is 1. The number of carbonyl (C=O) groups is 2. The first-order valence-electron chi connectivity index (χ1n) is 10.3. The van der Waals surface area contributed by atoms with Gasteiger partial charge in [0, 0.05) is 13.1 Å². The van der Waals surface area contributed by atoms with Crippen LogP contribution in [-0.4, -0.2) is 36.5 Å². The number of amides is 2. The molecule has 0 saturated carbocycles. The van der Waals surface area contributed by atoms with Crippen LogP contribution in [0.5, 0.6) is 5.75 Å². The van der Waals surface area contributed by atoms with Crippen molar-refractivity contribution in [2.75, 3.05) is 29.9 Å². The number of anilines is 2. The van der Waals surface area contributed by atoms with Crippen LogP contribution in [-0.2, 0) is 15.0 Å². The number of piperidine rings is 1. The van der Waals surface area contributed by atoms with E-state index in [1.807, 2.05) is 30.3 Å². The van der Waals surface area contributed by atoms with Gasteiger partial charge in [0.1, 0.15) is 11.6 Å². The molecule has 1 aliphatic heterocycles. The van der Waals surface area contributed by atoms with E-state index in [-0.39, 0.29) is 29.8 Å². The van der Waals surface area contributed by atoms with Crippen molar-refractivity contribution >= 4 is 23.3 Å². The van der Waals surface area contributed by atoms with Gasteiger partial charge in [-0.2, -0.15) is 0 Å². The fourth-order valence-electron chi connectivity index (χ4n) is 3.62. The van der Waals surface area contributed by atoms with Crippen molar-refractivity contribution in [3.8, 4) is 5.75 Å². The lowest BCUT2D eigenvalue weighted by Gasteiger charge is -2.32. The molecular weight excluding hydrogens is 380 g/mol. The number of hydrogen-bond acceptors (Lipinski definition) is 5. The number of aromatic nitrogens is 1. The van der Waals surface area contributed by atoms with Gasteiger partial charge in [-0.15, -0.1) is 0 Å². The lowest BCUT2D eigenvalue weighted by molar-refractivity contribution is -0.122. The molecule has 30 heavy (non-hydrogen) atoms. The summed E-state index contributed by atoms with van der Waals surface area (Å²) >= 11 is 0. The van der Waals surface area contributed by atoms with Gasteiger partial charge in [-0.25, -0.2) is 4.98 Å². The number of benzene rings is 1. The lowest BCUT2D eigenvalue weighted by atomic mass is 9.86. The Morgan fingerprint density at radius 3 is 2.67 bits per heavy atom. The Labute approximate surface area is 177 Å². The second kappa shape index (κ2) is 9.15. The number of rotatable bonds is 6. The minimum absolute atomic E-state index is 0.0746. The van der Waals surface area contributed by atoms with E-state index < -0.39 is 0 Å².